The smallest absolute Gasteiger partial charge is 0.0733 e. The van der Waals surface area contributed by atoms with Crippen molar-refractivity contribution in [2.24, 2.45) is 0 Å². The molecule has 0 amide bonds. The molecular weight excluding hydrogens is 164 g/mol. The molecule has 2 unspecified atom stereocenters. The molecule has 0 saturated heterocycles. The van der Waals surface area contributed by atoms with E-state index in [-0.39, 0.29) is 5.54 Å². The molecule has 0 aliphatic heterocycles. The van der Waals surface area contributed by atoms with Crippen LogP contribution in [0, 0.1) is 0 Å². The zero-order valence-electron chi connectivity index (χ0n) is 8.46. The van der Waals surface area contributed by atoms with Crippen LogP contribution in [0.3, 0.4) is 0 Å². The monoisotopic (exact) mass is 182 g/mol. The second-order valence-electron chi connectivity index (χ2n) is 3.44. The molecule has 3 heteroatoms. The van der Waals surface area contributed by atoms with Gasteiger partial charge in [0, 0.05) is 19.2 Å². The van der Waals surface area contributed by atoms with E-state index in [0.29, 0.717) is 0 Å². The number of aliphatic hydroxyl groups excluding tert-OH is 1. The van der Waals surface area contributed by atoms with Gasteiger partial charge in [-0.1, -0.05) is 12.2 Å². The van der Waals surface area contributed by atoms with E-state index in [2.05, 4.69) is 10.6 Å². The average Bonchev–Trinajstić information content (AvgIpc) is 2.17. The van der Waals surface area contributed by atoms with Gasteiger partial charge in [-0.2, -0.15) is 0 Å². The summed E-state index contributed by atoms with van der Waals surface area (Å²) < 4.78 is 0. The maximum absolute atomic E-state index is 9.67. The van der Waals surface area contributed by atoms with Crippen LogP contribution in [0.5, 0.6) is 0 Å². The molecule has 0 aromatic carbocycles. The van der Waals surface area contributed by atoms with E-state index in [4.69, 9.17) is 0 Å². The van der Waals surface area contributed by atoms with Crippen molar-refractivity contribution in [1.82, 2.24) is 10.6 Å². The van der Waals surface area contributed by atoms with Crippen LogP contribution in [0.15, 0.2) is 23.9 Å². The van der Waals surface area contributed by atoms with Gasteiger partial charge in [0.15, 0.2) is 0 Å². The van der Waals surface area contributed by atoms with E-state index in [9.17, 15) is 5.11 Å². The summed E-state index contributed by atoms with van der Waals surface area (Å²) in [6, 6.07) is 0. The third-order valence-corrected chi connectivity index (χ3v) is 2.71. The van der Waals surface area contributed by atoms with Crippen molar-refractivity contribution < 1.29 is 5.11 Å². The summed E-state index contributed by atoms with van der Waals surface area (Å²) in [5.41, 5.74) is 0.824. The highest BCUT2D eigenvalue weighted by atomic mass is 16.3. The van der Waals surface area contributed by atoms with Crippen molar-refractivity contribution in [3.8, 4) is 0 Å². The first-order chi connectivity index (χ1) is 6.14. The molecule has 13 heavy (non-hydrogen) atoms. The van der Waals surface area contributed by atoms with Crippen molar-refractivity contribution >= 4 is 0 Å². The molecule has 0 heterocycles. The third-order valence-electron chi connectivity index (χ3n) is 2.71. The summed E-state index contributed by atoms with van der Waals surface area (Å²) in [4.78, 5) is 0. The van der Waals surface area contributed by atoms with Crippen molar-refractivity contribution in [2.45, 2.75) is 25.0 Å². The fraction of sp³-hybridized carbons (Fsp3) is 0.600. The molecule has 3 N–H and O–H groups in total. The normalized spacial score (nSPS) is 29.7. The van der Waals surface area contributed by atoms with E-state index >= 15 is 0 Å². The molecule has 0 saturated carbocycles. The van der Waals surface area contributed by atoms with Gasteiger partial charge in [-0.3, -0.25) is 0 Å². The summed E-state index contributed by atoms with van der Waals surface area (Å²) in [7, 11) is 3.77. The van der Waals surface area contributed by atoms with Gasteiger partial charge < -0.3 is 15.7 Å². The number of hydrogen-bond acceptors (Lipinski definition) is 3. The highest BCUT2D eigenvalue weighted by Gasteiger charge is 2.32. The number of hydrogen-bond donors (Lipinski definition) is 3. The lowest BCUT2D eigenvalue weighted by atomic mass is 9.85. The van der Waals surface area contributed by atoms with Gasteiger partial charge in [-0.15, -0.1) is 0 Å². The Morgan fingerprint density at radius 2 is 2.23 bits per heavy atom. The van der Waals surface area contributed by atoms with Crippen LogP contribution in [0.25, 0.3) is 0 Å². The minimum atomic E-state index is -0.397. The molecular formula is C10H18N2O. The second kappa shape index (κ2) is 3.94. The number of aliphatic hydroxyl groups is 1. The Bertz CT molecular complexity index is 233. The average molecular weight is 182 g/mol. The maximum Gasteiger partial charge on any atom is 0.0733 e. The maximum atomic E-state index is 9.67. The van der Waals surface area contributed by atoms with Crippen LogP contribution in [0.1, 0.15) is 13.3 Å². The second-order valence-corrected chi connectivity index (χ2v) is 3.44. The van der Waals surface area contributed by atoms with Gasteiger partial charge in [0.2, 0.25) is 0 Å². The lowest BCUT2D eigenvalue weighted by Gasteiger charge is -2.36. The lowest BCUT2D eigenvalue weighted by molar-refractivity contribution is 0.106. The molecule has 1 aliphatic carbocycles. The van der Waals surface area contributed by atoms with E-state index in [1.165, 1.54) is 0 Å². The Kier molecular flexibility index (Phi) is 3.12. The molecule has 1 rings (SSSR count). The van der Waals surface area contributed by atoms with Crippen molar-refractivity contribution in [1.29, 1.82) is 0 Å². The van der Waals surface area contributed by atoms with Gasteiger partial charge >= 0.3 is 0 Å². The predicted molar refractivity (Wildman–Crippen MR) is 54.4 cm³/mol. The van der Waals surface area contributed by atoms with Crippen LogP contribution in [0.2, 0.25) is 0 Å². The first-order valence-electron chi connectivity index (χ1n) is 4.58. The standard InChI is InChI=1S/C10H18N2O/c1-8(13)10(12-3)6-4-5-9(7-10)11-2/h4-6,8,11-13H,7H2,1-3H3. The number of rotatable bonds is 3. The quantitative estimate of drug-likeness (QED) is 0.591. The highest BCUT2D eigenvalue weighted by Crippen LogP contribution is 2.24. The molecule has 1 aliphatic rings. The highest BCUT2D eigenvalue weighted by molar-refractivity contribution is 5.27. The zero-order valence-corrected chi connectivity index (χ0v) is 8.46. The van der Waals surface area contributed by atoms with Crippen LogP contribution >= 0.6 is 0 Å². The summed E-state index contributed by atoms with van der Waals surface area (Å²) in [6.07, 6.45) is 6.41. The van der Waals surface area contributed by atoms with Gasteiger partial charge in [-0.05, 0) is 20.0 Å². The predicted octanol–water partition coefficient (Wildman–Crippen LogP) is 0.389. The summed E-state index contributed by atoms with van der Waals surface area (Å²) in [5, 5.41) is 15.9. The molecule has 74 valence electrons. The zero-order chi connectivity index (χ0) is 9.90. The Labute approximate surface area is 79.5 Å². The summed E-state index contributed by atoms with van der Waals surface area (Å²) >= 11 is 0. The lowest BCUT2D eigenvalue weighted by Crippen LogP contribution is -2.51. The fourth-order valence-corrected chi connectivity index (χ4v) is 1.61. The molecule has 0 bridgehead atoms. The minimum absolute atomic E-state index is 0.312. The SMILES string of the molecule is CNC1=CC=CC(NC)(C(C)O)C1. The summed E-state index contributed by atoms with van der Waals surface area (Å²) in [6.45, 7) is 1.81. The number of likely N-dealkylation sites (N-methyl/N-ethyl adjacent to an activating group) is 1. The molecule has 0 radical (unpaired) electrons. The largest absolute Gasteiger partial charge is 0.391 e. The van der Waals surface area contributed by atoms with Crippen LogP contribution in [-0.4, -0.2) is 30.8 Å². The fourth-order valence-electron chi connectivity index (χ4n) is 1.61. The Balaban J connectivity index is 2.83. The van der Waals surface area contributed by atoms with Crippen LogP contribution in [0.4, 0.5) is 0 Å². The van der Waals surface area contributed by atoms with E-state index in [1.807, 2.05) is 32.3 Å². The van der Waals surface area contributed by atoms with Crippen molar-refractivity contribution in [3.63, 3.8) is 0 Å². The Morgan fingerprint density at radius 3 is 2.69 bits per heavy atom. The number of nitrogens with one attached hydrogen (secondary N) is 2. The van der Waals surface area contributed by atoms with Crippen LogP contribution in [-0.2, 0) is 0 Å². The van der Waals surface area contributed by atoms with E-state index < -0.39 is 6.10 Å². The molecule has 0 aromatic heterocycles. The Hall–Kier alpha value is -0.800. The third kappa shape index (κ3) is 1.92. The first kappa shape index (κ1) is 10.3. The topological polar surface area (TPSA) is 44.3 Å². The van der Waals surface area contributed by atoms with Crippen LogP contribution < -0.4 is 10.6 Å². The van der Waals surface area contributed by atoms with E-state index in [1.54, 1.807) is 6.92 Å². The van der Waals surface area contributed by atoms with Crippen molar-refractivity contribution in [3.05, 3.63) is 23.9 Å². The van der Waals surface area contributed by atoms with Gasteiger partial charge in [-0.25, -0.2) is 0 Å². The molecule has 0 spiro atoms. The Morgan fingerprint density at radius 1 is 1.54 bits per heavy atom. The minimum Gasteiger partial charge on any atom is -0.391 e. The summed E-state index contributed by atoms with van der Waals surface area (Å²) in [5.74, 6) is 0. The van der Waals surface area contributed by atoms with Crippen molar-refractivity contribution in [2.75, 3.05) is 14.1 Å². The first-order valence-corrected chi connectivity index (χ1v) is 4.58. The van der Waals surface area contributed by atoms with Gasteiger partial charge in [0.05, 0.1) is 11.6 Å². The molecule has 2 atom stereocenters. The number of allylic oxidation sites excluding steroid dienone is 2. The van der Waals surface area contributed by atoms with E-state index in [0.717, 1.165) is 12.1 Å². The molecule has 3 nitrogen and oxygen atoms in total. The van der Waals surface area contributed by atoms with Gasteiger partial charge in [0.25, 0.3) is 0 Å². The van der Waals surface area contributed by atoms with Gasteiger partial charge in [0.1, 0.15) is 0 Å². The molecule has 0 aromatic rings. The molecule has 0 fully saturated rings.